The summed E-state index contributed by atoms with van der Waals surface area (Å²) in [4.78, 5) is 26.3. The minimum absolute atomic E-state index is 0.0735. The lowest BCUT2D eigenvalue weighted by molar-refractivity contribution is -0.135. The number of hydrogen-bond donors (Lipinski definition) is 2. The standard InChI is InChI=1S/C22H26N2O4/c1-28-20-6-2-4-17(14-20)16-7-9-19(10-8-16)23-22(27)18-5-3-12-24(15-18)21(26)11-13-25/h2,4,6-10,14,18,25H,3,5,11-13,15H2,1H3,(H,23,27)/t18-/m0/s1. The maximum atomic E-state index is 12.6. The fraction of sp³-hybridized carbons (Fsp3) is 0.364. The molecule has 0 aromatic heterocycles. The van der Waals surface area contributed by atoms with Gasteiger partial charge in [-0.15, -0.1) is 0 Å². The van der Waals surface area contributed by atoms with E-state index in [0.717, 1.165) is 35.4 Å². The van der Waals surface area contributed by atoms with Crippen LogP contribution in [0.3, 0.4) is 0 Å². The molecule has 1 atom stereocenters. The summed E-state index contributed by atoms with van der Waals surface area (Å²) < 4.78 is 5.26. The largest absolute Gasteiger partial charge is 0.497 e. The van der Waals surface area contributed by atoms with E-state index < -0.39 is 0 Å². The monoisotopic (exact) mass is 382 g/mol. The minimum atomic E-state index is -0.227. The Morgan fingerprint density at radius 2 is 1.96 bits per heavy atom. The summed E-state index contributed by atoms with van der Waals surface area (Å²) in [6, 6.07) is 15.5. The quantitative estimate of drug-likeness (QED) is 0.805. The molecule has 2 aromatic carbocycles. The summed E-state index contributed by atoms with van der Waals surface area (Å²) in [5, 5.41) is 11.9. The number of rotatable bonds is 6. The molecular weight excluding hydrogens is 356 g/mol. The van der Waals surface area contributed by atoms with Crippen LogP contribution >= 0.6 is 0 Å². The number of carbonyl (C=O) groups is 2. The summed E-state index contributed by atoms with van der Waals surface area (Å²) in [6.45, 7) is 0.899. The molecule has 1 aliphatic rings. The molecule has 0 saturated carbocycles. The highest BCUT2D eigenvalue weighted by atomic mass is 16.5. The van der Waals surface area contributed by atoms with Crippen molar-refractivity contribution in [2.75, 3.05) is 32.1 Å². The summed E-state index contributed by atoms with van der Waals surface area (Å²) in [5.74, 6) is 0.403. The third kappa shape index (κ3) is 4.89. The van der Waals surface area contributed by atoms with Gasteiger partial charge < -0.3 is 20.1 Å². The van der Waals surface area contributed by atoms with Gasteiger partial charge in [0, 0.05) is 25.2 Å². The van der Waals surface area contributed by atoms with Crippen LogP contribution in [0.25, 0.3) is 11.1 Å². The van der Waals surface area contributed by atoms with Gasteiger partial charge >= 0.3 is 0 Å². The second-order valence-electron chi connectivity index (χ2n) is 6.95. The Labute approximate surface area is 165 Å². The van der Waals surface area contributed by atoms with Gasteiger partial charge in [-0.3, -0.25) is 9.59 Å². The zero-order valence-electron chi connectivity index (χ0n) is 16.1. The summed E-state index contributed by atoms with van der Waals surface area (Å²) in [5.41, 5.74) is 2.81. The number of ether oxygens (including phenoxy) is 1. The van der Waals surface area contributed by atoms with E-state index in [1.165, 1.54) is 0 Å². The SMILES string of the molecule is COc1cccc(-c2ccc(NC(=O)[C@H]3CCCN(C(=O)CCO)C3)cc2)c1. The van der Waals surface area contributed by atoms with E-state index in [-0.39, 0.29) is 30.8 Å². The van der Waals surface area contributed by atoms with E-state index in [2.05, 4.69) is 5.32 Å². The van der Waals surface area contributed by atoms with E-state index >= 15 is 0 Å². The Balaban J connectivity index is 1.62. The van der Waals surface area contributed by atoms with Crippen molar-refractivity contribution in [1.29, 1.82) is 0 Å². The Morgan fingerprint density at radius 3 is 2.68 bits per heavy atom. The summed E-state index contributed by atoms with van der Waals surface area (Å²) in [6.07, 6.45) is 1.67. The van der Waals surface area contributed by atoms with Gasteiger partial charge in [0.05, 0.1) is 19.6 Å². The van der Waals surface area contributed by atoms with Crippen molar-refractivity contribution in [2.24, 2.45) is 5.92 Å². The molecular formula is C22H26N2O4. The van der Waals surface area contributed by atoms with Gasteiger partial charge in [0.1, 0.15) is 5.75 Å². The fourth-order valence-corrected chi connectivity index (χ4v) is 3.46. The molecule has 3 rings (SSSR count). The molecule has 1 fully saturated rings. The maximum absolute atomic E-state index is 12.6. The molecule has 0 unspecified atom stereocenters. The maximum Gasteiger partial charge on any atom is 0.229 e. The van der Waals surface area contributed by atoms with Crippen LogP contribution in [0.2, 0.25) is 0 Å². The van der Waals surface area contributed by atoms with Crippen LogP contribution < -0.4 is 10.1 Å². The molecule has 28 heavy (non-hydrogen) atoms. The molecule has 2 N–H and O–H groups in total. The molecule has 6 heteroatoms. The number of anilines is 1. The van der Waals surface area contributed by atoms with Crippen molar-refractivity contribution in [3.05, 3.63) is 48.5 Å². The van der Waals surface area contributed by atoms with E-state index in [0.29, 0.717) is 13.1 Å². The van der Waals surface area contributed by atoms with Crippen LogP contribution in [-0.4, -0.2) is 48.6 Å². The molecule has 0 spiro atoms. The Kier molecular flexibility index (Phi) is 6.66. The first-order valence-corrected chi connectivity index (χ1v) is 9.54. The topological polar surface area (TPSA) is 78.9 Å². The van der Waals surface area contributed by atoms with Gasteiger partial charge in [0.15, 0.2) is 0 Å². The third-order valence-electron chi connectivity index (χ3n) is 5.03. The van der Waals surface area contributed by atoms with Gasteiger partial charge in [-0.1, -0.05) is 24.3 Å². The van der Waals surface area contributed by atoms with Crippen molar-refractivity contribution in [3.63, 3.8) is 0 Å². The van der Waals surface area contributed by atoms with E-state index in [1.54, 1.807) is 12.0 Å². The number of carbonyl (C=O) groups excluding carboxylic acids is 2. The van der Waals surface area contributed by atoms with Gasteiger partial charge in [0.25, 0.3) is 0 Å². The number of methoxy groups -OCH3 is 1. The Morgan fingerprint density at radius 1 is 1.18 bits per heavy atom. The highest BCUT2D eigenvalue weighted by Gasteiger charge is 2.28. The van der Waals surface area contributed by atoms with Gasteiger partial charge in [0.2, 0.25) is 11.8 Å². The van der Waals surface area contributed by atoms with Crippen molar-refractivity contribution in [1.82, 2.24) is 4.90 Å². The molecule has 1 aliphatic heterocycles. The van der Waals surface area contributed by atoms with Crippen molar-refractivity contribution in [2.45, 2.75) is 19.3 Å². The predicted octanol–water partition coefficient (Wildman–Crippen LogP) is 2.92. The molecule has 2 amide bonds. The zero-order chi connectivity index (χ0) is 19.9. The van der Waals surface area contributed by atoms with Crippen LogP contribution in [0.1, 0.15) is 19.3 Å². The minimum Gasteiger partial charge on any atom is -0.497 e. The second-order valence-corrected chi connectivity index (χ2v) is 6.95. The van der Waals surface area contributed by atoms with Gasteiger partial charge in [-0.2, -0.15) is 0 Å². The van der Waals surface area contributed by atoms with Crippen LogP contribution in [-0.2, 0) is 9.59 Å². The first kappa shape index (κ1) is 19.9. The lowest BCUT2D eigenvalue weighted by atomic mass is 9.96. The van der Waals surface area contributed by atoms with Gasteiger partial charge in [-0.25, -0.2) is 0 Å². The number of aliphatic hydroxyl groups excluding tert-OH is 1. The number of nitrogens with one attached hydrogen (secondary N) is 1. The highest BCUT2D eigenvalue weighted by Crippen LogP contribution is 2.26. The van der Waals surface area contributed by atoms with Crippen molar-refractivity contribution < 1.29 is 19.4 Å². The molecule has 0 aliphatic carbocycles. The molecule has 1 heterocycles. The number of hydrogen-bond acceptors (Lipinski definition) is 4. The van der Waals surface area contributed by atoms with Crippen LogP contribution in [0.4, 0.5) is 5.69 Å². The third-order valence-corrected chi connectivity index (χ3v) is 5.03. The smallest absolute Gasteiger partial charge is 0.229 e. The lowest BCUT2D eigenvalue weighted by Crippen LogP contribution is -2.43. The number of piperidine rings is 1. The van der Waals surface area contributed by atoms with Crippen molar-refractivity contribution in [3.8, 4) is 16.9 Å². The molecule has 1 saturated heterocycles. The summed E-state index contributed by atoms with van der Waals surface area (Å²) in [7, 11) is 1.64. The molecule has 2 aromatic rings. The molecule has 148 valence electrons. The van der Waals surface area contributed by atoms with Crippen molar-refractivity contribution >= 4 is 17.5 Å². The second kappa shape index (κ2) is 9.37. The number of amides is 2. The molecule has 0 bridgehead atoms. The highest BCUT2D eigenvalue weighted by molar-refractivity contribution is 5.93. The molecule has 0 radical (unpaired) electrons. The van der Waals surface area contributed by atoms with Crippen LogP contribution in [0.5, 0.6) is 5.75 Å². The molecule has 6 nitrogen and oxygen atoms in total. The normalized spacial score (nSPS) is 16.5. The number of nitrogens with zero attached hydrogens (tertiary/aromatic N) is 1. The first-order chi connectivity index (χ1) is 13.6. The zero-order valence-corrected chi connectivity index (χ0v) is 16.1. The Hall–Kier alpha value is -2.86. The van der Waals surface area contributed by atoms with Crippen LogP contribution in [0, 0.1) is 5.92 Å². The number of benzene rings is 2. The number of likely N-dealkylation sites (tertiary alicyclic amines) is 1. The fourth-order valence-electron chi connectivity index (χ4n) is 3.46. The first-order valence-electron chi connectivity index (χ1n) is 9.54. The van der Waals surface area contributed by atoms with E-state index in [4.69, 9.17) is 9.84 Å². The number of aliphatic hydroxyl groups is 1. The van der Waals surface area contributed by atoms with Gasteiger partial charge in [-0.05, 0) is 48.2 Å². The van der Waals surface area contributed by atoms with E-state index in [9.17, 15) is 9.59 Å². The Bertz CT molecular complexity index is 820. The lowest BCUT2D eigenvalue weighted by Gasteiger charge is -2.32. The van der Waals surface area contributed by atoms with E-state index in [1.807, 2.05) is 48.5 Å². The summed E-state index contributed by atoms with van der Waals surface area (Å²) >= 11 is 0. The predicted molar refractivity (Wildman–Crippen MR) is 108 cm³/mol. The van der Waals surface area contributed by atoms with Crippen LogP contribution in [0.15, 0.2) is 48.5 Å². The average molecular weight is 382 g/mol. The average Bonchev–Trinajstić information content (AvgIpc) is 2.74.